The van der Waals surface area contributed by atoms with Gasteiger partial charge in [-0.3, -0.25) is 0 Å². The monoisotopic (exact) mass is 358 g/mol. The maximum Gasteiger partial charge on any atom is 0.191 e. The smallest absolute Gasteiger partial charge is 0.191 e. The summed E-state index contributed by atoms with van der Waals surface area (Å²) in [6.45, 7) is 5.31. The van der Waals surface area contributed by atoms with E-state index < -0.39 is 0 Å². The molecule has 2 aromatic rings. The van der Waals surface area contributed by atoms with Crippen LogP contribution in [0.5, 0.6) is 0 Å². The first-order valence-corrected chi connectivity index (χ1v) is 9.57. The van der Waals surface area contributed by atoms with Crippen LogP contribution in [0.3, 0.4) is 0 Å². The Morgan fingerprint density at radius 3 is 2.72 bits per heavy atom. The number of nitrogens with two attached hydrogens (primary N) is 1. The van der Waals surface area contributed by atoms with E-state index in [4.69, 9.17) is 15.5 Å². The zero-order chi connectivity index (χ0) is 17.6. The fraction of sp³-hybridized carbons (Fsp3) is 0.474. The Morgan fingerprint density at radius 2 is 2.04 bits per heavy atom. The average Bonchev–Trinajstić information content (AvgIpc) is 3.04. The van der Waals surface area contributed by atoms with E-state index in [0.717, 1.165) is 40.1 Å². The normalized spacial score (nSPS) is 16.4. The minimum atomic E-state index is 0.502. The van der Waals surface area contributed by atoms with Crippen LogP contribution in [-0.2, 0) is 17.9 Å². The van der Waals surface area contributed by atoms with Crippen LogP contribution in [0.1, 0.15) is 30.5 Å². The number of likely N-dealkylation sites (tertiary alicyclic amines) is 1. The van der Waals surface area contributed by atoms with Crippen molar-refractivity contribution in [2.45, 2.75) is 32.9 Å². The van der Waals surface area contributed by atoms with Gasteiger partial charge in [0.05, 0.1) is 23.7 Å². The summed E-state index contributed by atoms with van der Waals surface area (Å²) in [5.74, 6) is 1.41. The second-order valence-corrected chi connectivity index (χ2v) is 7.61. The van der Waals surface area contributed by atoms with Gasteiger partial charge in [0.15, 0.2) is 5.96 Å². The molecule has 1 aromatic heterocycles. The third-order valence-electron chi connectivity index (χ3n) is 4.54. The molecular formula is C19H26N4OS. The average molecular weight is 359 g/mol. The number of thiazole rings is 1. The van der Waals surface area contributed by atoms with Crippen molar-refractivity contribution in [3.8, 4) is 10.4 Å². The van der Waals surface area contributed by atoms with Crippen molar-refractivity contribution < 1.29 is 4.74 Å². The molecule has 25 heavy (non-hydrogen) atoms. The summed E-state index contributed by atoms with van der Waals surface area (Å²) >= 11 is 1.66. The quantitative estimate of drug-likeness (QED) is 0.656. The number of benzene rings is 1. The fourth-order valence-corrected chi connectivity index (χ4v) is 4.05. The molecule has 6 heteroatoms. The van der Waals surface area contributed by atoms with Gasteiger partial charge in [0.1, 0.15) is 5.01 Å². The number of hydrogen-bond donors (Lipinski definition) is 1. The van der Waals surface area contributed by atoms with Crippen LogP contribution in [0.2, 0.25) is 0 Å². The lowest BCUT2D eigenvalue weighted by atomic mass is 10.00. The van der Waals surface area contributed by atoms with E-state index in [0.29, 0.717) is 19.1 Å². The lowest BCUT2D eigenvalue weighted by molar-refractivity contribution is 0.184. The summed E-state index contributed by atoms with van der Waals surface area (Å²) in [5.41, 5.74) is 8.36. The molecule has 5 nitrogen and oxygen atoms in total. The number of hydrogen-bond acceptors (Lipinski definition) is 4. The van der Waals surface area contributed by atoms with Gasteiger partial charge in [-0.05, 0) is 24.3 Å². The van der Waals surface area contributed by atoms with Crippen molar-refractivity contribution in [2.24, 2.45) is 16.6 Å². The molecule has 0 spiro atoms. The van der Waals surface area contributed by atoms with Gasteiger partial charge in [-0.15, -0.1) is 11.3 Å². The third-order valence-corrected chi connectivity index (χ3v) is 5.66. The molecule has 1 aromatic carbocycles. The highest BCUT2D eigenvalue weighted by Gasteiger charge is 2.18. The predicted molar refractivity (Wildman–Crippen MR) is 104 cm³/mol. The molecule has 0 bridgehead atoms. The second kappa shape index (κ2) is 8.45. The van der Waals surface area contributed by atoms with E-state index in [1.165, 1.54) is 12.8 Å². The standard InChI is InChI=1S/C19H26N4OS/c1-14-8-10-23(11-9-14)19(20)21-12-16-18(15-6-4-3-5-7-15)25-17(22-16)13-24-2/h3-7,14H,8-13H2,1-2H3,(H2,20,21). The van der Waals surface area contributed by atoms with Crippen LogP contribution in [0.4, 0.5) is 0 Å². The summed E-state index contributed by atoms with van der Waals surface area (Å²) in [6, 6.07) is 10.3. The van der Waals surface area contributed by atoms with Crippen LogP contribution in [-0.4, -0.2) is 36.0 Å². The number of nitrogens with zero attached hydrogens (tertiary/aromatic N) is 3. The lowest BCUT2D eigenvalue weighted by Crippen LogP contribution is -2.42. The largest absolute Gasteiger partial charge is 0.378 e. The molecule has 0 amide bonds. The molecular weight excluding hydrogens is 332 g/mol. The molecule has 134 valence electrons. The molecule has 1 fully saturated rings. The van der Waals surface area contributed by atoms with Gasteiger partial charge in [-0.2, -0.15) is 0 Å². The maximum absolute atomic E-state index is 6.22. The number of rotatable bonds is 5. The fourth-order valence-electron chi connectivity index (χ4n) is 3.00. The number of ether oxygens (including phenoxy) is 1. The summed E-state index contributed by atoms with van der Waals surface area (Å²) in [4.78, 5) is 12.7. The number of aromatic nitrogens is 1. The summed E-state index contributed by atoms with van der Waals surface area (Å²) in [6.07, 6.45) is 2.36. The highest BCUT2D eigenvalue weighted by Crippen LogP contribution is 2.31. The van der Waals surface area contributed by atoms with Crippen LogP contribution in [0.15, 0.2) is 35.3 Å². The van der Waals surface area contributed by atoms with Gasteiger partial charge < -0.3 is 15.4 Å². The van der Waals surface area contributed by atoms with Crippen molar-refractivity contribution in [2.75, 3.05) is 20.2 Å². The van der Waals surface area contributed by atoms with Crippen LogP contribution >= 0.6 is 11.3 Å². The Bertz CT molecular complexity index is 705. The number of guanidine groups is 1. The Morgan fingerprint density at radius 1 is 1.32 bits per heavy atom. The number of methoxy groups -OCH3 is 1. The molecule has 1 saturated heterocycles. The lowest BCUT2D eigenvalue weighted by Gasteiger charge is -2.30. The maximum atomic E-state index is 6.22. The third kappa shape index (κ3) is 4.58. The first-order chi connectivity index (χ1) is 12.2. The molecule has 1 aliphatic rings. The minimum absolute atomic E-state index is 0.502. The van der Waals surface area contributed by atoms with Gasteiger partial charge in [-0.25, -0.2) is 9.98 Å². The van der Waals surface area contributed by atoms with Crippen molar-refractivity contribution in [1.82, 2.24) is 9.88 Å². The van der Waals surface area contributed by atoms with E-state index in [2.05, 4.69) is 28.9 Å². The van der Waals surface area contributed by atoms with Crippen molar-refractivity contribution >= 4 is 17.3 Å². The molecule has 1 aliphatic heterocycles. The molecule has 2 heterocycles. The summed E-state index contributed by atoms with van der Waals surface area (Å²) in [5, 5.41) is 0.969. The molecule has 0 unspecified atom stereocenters. The Hall–Kier alpha value is -1.92. The Kier molecular flexibility index (Phi) is 6.04. The molecule has 0 radical (unpaired) electrons. The summed E-state index contributed by atoms with van der Waals surface area (Å²) in [7, 11) is 1.69. The first-order valence-electron chi connectivity index (χ1n) is 8.75. The topological polar surface area (TPSA) is 63.7 Å². The molecule has 3 rings (SSSR count). The van der Waals surface area contributed by atoms with E-state index in [1.54, 1.807) is 18.4 Å². The SMILES string of the molecule is COCc1nc(CN=C(N)N2CCC(C)CC2)c(-c2ccccc2)s1. The van der Waals surface area contributed by atoms with Gasteiger partial charge >= 0.3 is 0 Å². The van der Waals surface area contributed by atoms with Crippen molar-refractivity contribution in [3.05, 3.63) is 41.0 Å². The zero-order valence-electron chi connectivity index (χ0n) is 14.9. The highest BCUT2D eigenvalue weighted by atomic mass is 32.1. The van der Waals surface area contributed by atoms with Gasteiger partial charge in [-0.1, -0.05) is 37.3 Å². The molecule has 0 aliphatic carbocycles. The van der Waals surface area contributed by atoms with Crippen LogP contribution in [0.25, 0.3) is 10.4 Å². The Balaban J connectivity index is 1.78. The highest BCUT2D eigenvalue weighted by molar-refractivity contribution is 7.15. The molecule has 2 N–H and O–H groups in total. The minimum Gasteiger partial charge on any atom is -0.378 e. The van der Waals surface area contributed by atoms with Gasteiger partial charge in [0, 0.05) is 20.2 Å². The zero-order valence-corrected chi connectivity index (χ0v) is 15.8. The van der Waals surface area contributed by atoms with E-state index in [9.17, 15) is 0 Å². The van der Waals surface area contributed by atoms with Gasteiger partial charge in [0.2, 0.25) is 0 Å². The molecule has 0 atom stereocenters. The summed E-state index contributed by atoms with van der Waals surface area (Å²) < 4.78 is 5.24. The van der Waals surface area contributed by atoms with Crippen molar-refractivity contribution in [3.63, 3.8) is 0 Å². The Labute approximate surface area is 153 Å². The number of piperidine rings is 1. The van der Waals surface area contributed by atoms with Crippen molar-refractivity contribution in [1.29, 1.82) is 0 Å². The van der Waals surface area contributed by atoms with Crippen LogP contribution < -0.4 is 5.73 Å². The predicted octanol–water partition coefficient (Wildman–Crippen LogP) is 3.50. The van der Waals surface area contributed by atoms with E-state index in [1.807, 2.05) is 18.2 Å². The molecule has 0 saturated carbocycles. The van der Waals surface area contributed by atoms with E-state index >= 15 is 0 Å². The second-order valence-electron chi connectivity index (χ2n) is 6.53. The van der Waals surface area contributed by atoms with Crippen LogP contribution in [0, 0.1) is 5.92 Å². The number of aliphatic imine (C=N–C) groups is 1. The first kappa shape index (κ1) is 17.9. The van der Waals surface area contributed by atoms with Gasteiger partial charge in [0.25, 0.3) is 0 Å². The van der Waals surface area contributed by atoms with E-state index in [-0.39, 0.29) is 0 Å².